The molecule has 0 aromatic carbocycles. The number of aromatic nitrogens is 2. The first-order valence-electron chi connectivity index (χ1n) is 6.54. The molecule has 0 saturated heterocycles. The molecule has 94 valence electrons. The van der Waals surface area contributed by atoms with Crippen LogP contribution >= 0.6 is 0 Å². The summed E-state index contributed by atoms with van der Waals surface area (Å²) in [4.78, 5) is 4.03. The van der Waals surface area contributed by atoms with Gasteiger partial charge in [0.05, 0.1) is 6.33 Å². The van der Waals surface area contributed by atoms with Crippen LogP contribution in [-0.4, -0.2) is 9.55 Å². The van der Waals surface area contributed by atoms with Crippen molar-refractivity contribution in [1.82, 2.24) is 9.55 Å². The summed E-state index contributed by atoms with van der Waals surface area (Å²) in [6.45, 7) is 7.56. The third-order valence-corrected chi connectivity index (χ3v) is 2.49. The predicted molar refractivity (Wildman–Crippen MR) is 72.5 cm³/mol. The van der Waals surface area contributed by atoms with E-state index < -0.39 is 0 Å². The standard InChI is InChI=1S/C15H24N2/c1-15(2,3)10-8-6-4-5-7-9-12-17-13-11-16-14-17/h11,13-14H,4-7,9,12H2,1-3H3. The van der Waals surface area contributed by atoms with Crippen LogP contribution in [0.4, 0.5) is 0 Å². The molecule has 0 fully saturated rings. The van der Waals surface area contributed by atoms with Gasteiger partial charge in [-0.1, -0.05) is 18.8 Å². The number of rotatable bonds is 6. The molecule has 0 atom stereocenters. The molecule has 2 nitrogen and oxygen atoms in total. The van der Waals surface area contributed by atoms with E-state index >= 15 is 0 Å². The maximum atomic E-state index is 4.03. The highest BCUT2D eigenvalue weighted by atomic mass is 15.0. The lowest BCUT2D eigenvalue weighted by Crippen LogP contribution is -1.99. The van der Waals surface area contributed by atoms with Crippen LogP contribution in [0.3, 0.4) is 0 Å². The highest BCUT2D eigenvalue weighted by Gasteiger charge is 2.02. The highest BCUT2D eigenvalue weighted by molar-refractivity contribution is 5.06. The monoisotopic (exact) mass is 232 g/mol. The minimum Gasteiger partial charge on any atom is -0.337 e. The first-order valence-corrected chi connectivity index (χ1v) is 6.54. The summed E-state index contributed by atoms with van der Waals surface area (Å²) in [6.07, 6.45) is 11.8. The highest BCUT2D eigenvalue weighted by Crippen LogP contribution is 2.10. The lowest BCUT2D eigenvalue weighted by molar-refractivity contribution is 0.566. The molecule has 0 unspecified atom stereocenters. The Bertz CT molecular complexity index is 347. The van der Waals surface area contributed by atoms with Crippen LogP contribution < -0.4 is 0 Å². The van der Waals surface area contributed by atoms with E-state index in [1.54, 1.807) is 0 Å². The number of imidazole rings is 1. The third-order valence-electron chi connectivity index (χ3n) is 2.49. The lowest BCUT2D eigenvalue weighted by atomic mass is 9.97. The van der Waals surface area contributed by atoms with E-state index in [2.05, 4.69) is 42.2 Å². The third kappa shape index (κ3) is 7.63. The first-order chi connectivity index (χ1) is 8.08. The van der Waals surface area contributed by atoms with E-state index in [1.807, 2.05) is 18.7 Å². The number of hydrogen-bond acceptors (Lipinski definition) is 1. The van der Waals surface area contributed by atoms with E-state index in [0.717, 1.165) is 13.0 Å². The number of hydrogen-bond donors (Lipinski definition) is 0. The zero-order valence-electron chi connectivity index (χ0n) is 11.4. The van der Waals surface area contributed by atoms with Crippen LogP contribution in [0.2, 0.25) is 0 Å². The number of nitrogens with zero attached hydrogens (tertiary/aromatic N) is 2. The van der Waals surface area contributed by atoms with Gasteiger partial charge in [-0.15, -0.1) is 5.92 Å². The molecule has 0 bridgehead atoms. The molecule has 0 saturated carbocycles. The van der Waals surface area contributed by atoms with Gasteiger partial charge >= 0.3 is 0 Å². The fourth-order valence-corrected chi connectivity index (χ4v) is 1.61. The van der Waals surface area contributed by atoms with Gasteiger partial charge in [0.1, 0.15) is 0 Å². The lowest BCUT2D eigenvalue weighted by Gasteiger charge is -2.06. The normalized spacial score (nSPS) is 11.0. The summed E-state index contributed by atoms with van der Waals surface area (Å²) in [5, 5.41) is 0. The Morgan fingerprint density at radius 2 is 1.88 bits per heavy atom. The van der Waals surface area contributed by atoms with E-state index in [9.17, 15) is 0 Å². The minimum atomic E-state index is 0.154. The van der Waals surface area contributed by atoms with E-state index in [0.29, 0.717) is 0 Å². The van der Waals surface area contributed by atoms with Crippen molar-refractivity contribution in [2.75, 3.05) is 0 Å². The quantitative estimate of drug-likeness (QED) is 0.537. The maximum Gasteiger partial charge on any atom is 0.0945 e. The van der Waals surface area contributed by atoms with Crippen molar-refractivity contribution in [2.45, 2.75) is 59.4 Å². The van der Waals surface area contributed by atoms with Crippen molar-refractivity contribution in [3.63, 3.8) is 0 Å². The molecule has 0 amide bonds. The van der Waals surface area contributed by atoms with Gasteiger partial charge in [-0.2, -0.15) is 0 Å². The minimum absolute atomic E-state index is 0.154. The largest absolute Gasteiger partial charge is 0.337 e. The summed E-state index contributed by atoms with van der Waals surface area (Å²) >= 11 is 0. The van der Waals surface area contributed by atoms with Gasteiger partial charge in [0.15, 0.2) is 0 Å². The smallest absolute Gasteiger partial charge is 0.0945 e. The fraction of sp³-hybridized carbons (Fsp3) is 0.667. The molecule has 1 rings (SSSR count). The second kappa shape index (κ2) is 7.17. The summed E-state index contributed by atoms with van der Waals surface area (Å²) in [6, 6.07) is 0. The molecule has 1 heterocycles. The van der Waals surface area contributed by atoms with E-state index in [4.69, 9.17) is 0 Å². The average molecular weight is 232 g/mol. The van der Waals surface area contributed by atoms with Crippen LogP contribution in [0, 0.1) is 17.3 Å². The summed E-state index contributed by atoms with van der Waals surface area (Å²) in [7, 11) is 0. The molecular formula is C15H24N2. The van der Waals surface area contributed by atoms with Crippen molar-refractivity contribution in [1.29, 1.82) is 0 Å². The predicted octanol–water partition coefficient (Wildman–Crippen LogP) is 3.88. The molecular weight excluding hydrogens is 208 g/mol. The Kier molecular flexibility index (Phi) is 5.83. The topological polar surface area (TPSA) is 17.8 Å². The van der Waals surface area contributed by atoms with Crippen molar-refractivity contribution < 1.29 is 0 Å². The molecule has 1 aromatic heterocycles. The van der Waals surface area contributed by atoms with Crippen molar-refractivity contribution >= 4 is 0 Å². The molecule has 0 N–H and O–H groups in total. The SMILES string of the molecule is CC(C)(C)C#CCCCCCCn1ccnc1. The van der Waals surface area contributed by atoms with Gasteiger partial charge in [0.2, 0.25) is 0 Å². The Morgan fingerprint density at radius 3 is 2.53 bits per heavy atom. The van der Waals surface area contributed by atoms with Gasteiger partial charge in [0, 0.05) is 30.8 Å². The van der Waals surface area contributed by atoms with Crippen LogP contribution in [-0.2, 0) is 6.54 Å². The zero-order chi connectivity index (χ0) is 12.6. The van der Waals surface area contributed by atoms with Crippen molar-refractivity contribution in [3.05, 3.63) is 18.7 Å². The fourth-order valence-electron chi connectivity index (χ4n) is 1.61. The summed E-state index contributed by atoms with van der Waals surface area (Å²) in [5.74, 6) is 6.54. The van der Waals surface area contributed by atoms with Crippen molar-refractivity contribution in [2.24, 2.45) is 5.41 Å². The summed E-state index contributed by atoms with van der Waals surface area (Å²) in [5.41, 5.74) is 0.154. The van der Waals surface area contributed by atoms with Crippen molar-refractivity contribution in [3.8, 4) is 11.8 Å². The second-order valence-corrected chi connectivity index (χ2v) is 5.52. The number of unbranched alkanes of at least 4 members (excludes halogenated alkanes) is 4. The maximum absolute atomic E-state index is 4.03. The summed E-state index contributed by atoms with van der Waals surface area (Å²) < 4.78 is 2.14. The Labute approximate surface area is 105 Å². The molecule has 17 heavy (non-hydrogen) atoms. The molecule has 0 aliphatic rings. The first kappa shape index (κ1) is 13.8. The van der Waals surface area contributed by atoms with Gasteiger partial charge in [0.25, 0.3) is 0 Å². The Balaban J connectivity index is 1.96. The second-order valence-electron chi connectivity index (χ2n) is 5.52. The molecule has 0 radical (unpaired) electrons. The zero-order valence-corrected chi connectivity index (χ0v) is 11.4. The van der Waals surface area contributed by atoms with Crippen LogP contribution in [0.1, 0.15) is 52.9 Å². The van der Waals surface area contributed by atoms with Gasteiger partial charge in [-0.25, -0.2) is 4.98 Å². The van der Waals surface area contributed by atoms with Crippen LogP contribution in [0.5, 0.6) is 0 Å². The molecule has 1 aromatic rings. The van der Waals surface area contributed by atoms with Crippen LogP contribution in [0.25, 0.3) is 0 Å². The Hall–Kier alpha value is -1.23. The van der Waals surface area contributed by atoms with E-state index in [1.165, 1.54) is 25.7 Å². The molecule has 0 aliphatic carbocycles. The van der Waals surface area contributed by atoms with Crippen LogP contribution in [0.15, 0.2) is 18.7 Å². The molecule has 0 spiro atoms. The van der Waals surface area contributed by atoms with E-state index in [-0.39, 0.29) is 5.41 Å². The molecule has 2 heteroatoms. The average Bonchev–Trinajstić information content (AvgIpc) is 2.73. The van der Waals surface area contributed by atoms with Gasteiger partial charge in [-0.05, 0) is 33.6 Å². The number of aryl methyl sites for hydroxylation is 1. The van der Waals surface area contributed by atoms with Gasteiger partial charge < -0.3 is 4.57 Å². The Morgan fingerprint density at radius 1 is 1.12 bits per heavy atom. The van der Waals surface area contributed by atoms with Gasteiger partial charge in [-0.3, -0.25) is 0 Å². The molecule has 0 aliphatic heterocycles.